The normalized spacial score (nSPS) is 25.7. The number of nitrogens with one attached hydrogen (secondary N) is 1. The molecule has 1 aliphatic heterocycles. The van der Waals surface area contributed by atoms with Crippen LogP contribution in [0.3, 0.4) is 0 Å². The molecular weight excluding hydrogens is 166 g/mol. The number of rotatable bonds is 3. The molecule has 4 nitrogen and oxygen atoms in total. The maximum Gasteiger partial charge on any atom is 0.216 e. The topological polar surface area (TPSA) is 55.4 Å². The molecule has 0 aromatic carbocycles. The lowest BCUT2D eigenvalue weighted by atomic mass is 10.4. The summed E-state index contributed by atoms with van der Waals surface area (Å²) in [7, 11) is -3.09. The average molecular weight is 179 g/mol. The van der Waals surface area contributed by atoms with Crippen molar-refractivity contribution in [2.24, 2.45) is 0 Å². The van der Waals surface area contributed by atoms with Crippen LogP contribution in [0, 0.1) is 0 Å². The minimum atomic E-state index is -3.09. The summed E-state index contributed by atoms with van der Waals surface area (Å²) in [6, 6.07) is 0. The zero-order valence-corrected chi connectivity index (χ0v) is 7.36. The summed E-state index contributed by atoms with van der Waals surface area (Å²) >= 11 is 0. The minimum absolute atomic E-state index is 0.331. The van der Waals surface area contributed by atoms with Crippen molar-refractivity contribution in [2.75, 3.05) is 19.8 Å². The summed E-state index contributed by atoms with van der Waals surface area (Å²) in [5, 5.41) is -0.331. The van der Waals surface area contributed by atoms with Crippen molar-refractivity contribution in [3.8, 4) is 0 Å². The van der Waals surface area contributed by atoms with Crippen LogP contribution in [0.15, 0.2) is 0 Å². The van der Waals surface area contributed by atoms with Gasteiger partial charge in [0.25, 0.3) is 0 Å². The van der Waals surface area contributed by atoms with Gasteiger partial charge in [0, 0.05) is 13.2 Å². The first-order valence-electron chi connectivity index (χ1n) is 3.73. The highest BCUT2D eigenvalue weighted by Crippen LogP contribution is 2.11. The van der Waals surface area contributed by atoms with E-state index in [4.69, 9.17) is 4.74 Å². The minimum Gasteiger partial charge on any atom is -0.380 e. The molecule has 1 fully saturated rings. The Morgan fingerprint density at radius 2 is 2.36 bits per heavy atom. The fourth-order valence-corrected chi connectivity index (χ4v) is 2.40. The molecule has 0 unspecified atom stereocenters. The van der Waals surface area contributed by atoms with E-state index in [0.717, 1.165) is 0 Å². The molecule has 1 aliphatic rings. The van der Waals surface area contributed by atoms with Gasteiger partial charge in [-0.15, -0.1) is 0 Å². The van der Waals surface area contributed by atoms with E-state index in [1.165, 1.54) is 0 Å². The number of hydrogen-bond donors (Lipinski definition) is 1. The standard InChI is InChI=1S/C6H13NO3S/c1-2-7-11(8,9)6-3-4-10-5-6/h6-7H,2-5H2,1H3/t6-/m1/s1. The third-order valence-electron chi connectivity index (χ3n) is 1.67. The highest BCUT2D eigenvalue weighted by atomic mass is 32.2. The van der Waals surface area contributed by atoms with Gasteiger partial charge in [0.15, 0.2) is 0 Å². The lowest BCUT2D eigenvalue weighted by molar-refractivity contribution is 0.198. The van der Waals surface area contributed by atoms with Gasteiger partial charge in [-0.05, 0) is 6.42 Å². The number of sulfonamides is 1. The highest BCUT2D eigenvalue weighted by Gasteiger charge is 2.28. The van der Waals surface area contributed by atoms with Gasteiger partial charge in [-0.3, -0.25) is 0 Å². The first-order valence-corrected chi connectivity index (χ1v) is 5.27. The van der Waals surface area contributed by atoms with Gasteiger partial charge in [-0.25, -0.2) is 13.1 Å². The van der Waals surface area contributed by atoms with E-state index in [9.17, 15) is 8.42 Å². The van der Waals surface area contributed by atoms with Crippen molar-refractivity contribution < 1.29 is 13.2 Å². The molecule has 1 atom stereocenters. The molecule has 5 heteroatoms. The summed E-state index contributed by atoms with van der Waals surface area (Å²) in [6.07, 6.45) is 0.620. The smallest absolute Gasteiger partial charge is 0.216 e. The SMILES string of the molecule is CCNS(=O)(=O)[C@@H]1CCOC1. The quantitative estimate of drug-likeness (QED) is 0.648. The maximum atomic E-state index is 11.2. The van der Waals surface area contributed by atoms with Crippen LogP contribution in [-0.2, 0) is 14.8 Å². The van der Waals surface area contributed by atoms with Crippen LogP contribution in [0.2, 0.25) is 0 Å². The third-order valence-corrected chi connectivity index (χ3v) is 3.61. The Balaban J connectivity index is 2.56. The van der Waals surface area contributed by atoms with E-state index in [0.29, 0.717) is 26.2 Å². The molecular formula is C6H13NO3S. The van der Waals surface area contributed by atoms with E-state index in [2.05, 4.69) is 4.72 Å². The van der Waals surface area contributed by atoms with Gasteiger partial charge < -0.3 is 4.74 Å². The van der Waals surface area contributed by atoms with E-state index in [1.54, 1.807) is 6.92 Å². The molecule has 0 bridgehead atoms. The average Bonchev–Trinajstić information content (AvgIpc) is 2.37. The Labute approximate surface area is 67.0 Å². The molecule has 1 heterocycles. The first kappa shape index (κ1) is 8.96. The number of hydrogen-bond acceptors (Lipinski definition) is 3. The summed E-state index contributed by atoms with van der Waals surface area (Å²) in [5.41, 5.74) is 0. The fourth-order valence-electron chi connectivity index (χ4n) is 1.08. The van der Waals surface area contributed by atoms with Crippen molar-refractivity contribution >= 4 is 10.0 Å². The van der Waals surface area contributed by atoms with Crippen molar-refractivity contribution in [1.29, 1.82) is 0 Å². The first-order chi connectivity index (χ1) is 5.17. The van der Waals surface area contributed by atoms with Crippen LogP contribution in [0.5, 0.6) is 0 Å². The van der Waals surface area contributed by atoms with Crippen LogP contribution in [0.4, 0.5) is 0 Å². The van der Waals surface area contributed by atoms with Crippen LogP contribution in [-0.4, -0.2) is 33.4 Å². The number of ether oxygens (including phenoxy) is 1. The van der Waals surface area contributed by atoms with Crippen molar-refractivity contribution in [3.05, 3.63) is 0 Å². The maximum absolute atomic E-state index is 11.2. The Morgan fingerprint density at radius 3 is 2.82 bits per heavy atom. The van der Waals surface area contributed by atoms with E-state index < -0.39 is 10.0 Å². The van der Waals surface area contributed by atoms with Crippen molar-refractivity contribution in [3.63, 3.8) is 0 Å². The molecule has 0 radical (unpaired) electrons. The summed E-state index contributed by atoms with van der Waals surface area (Å²) < 4.78 is 29.9. The zero-order chi connectivity index (χ0) is 8.32. The highest BCUT2D eigenvalue weighted by molar-refractivity contribution is 7.90. The monoisotopic (exact) mass is 179 g/mol. The molecule has 0 aromatic rings. The van der Waals surface area contributed by atoms with Crippen molar-refractivity contribution in [1.82, 2.24) is 4.72 Å². The summed E-state index contributed by atoms with van der Waals surface area (Å²) in [5.74, 6) is 0. The van der Waals surface area contributed by atoms with Crippen LogP contribution >= 0.6 is 0 Å². The summed E-state index contributed by atoms with van der Waals surface area (Å²) in [6.45, 7) is 3.14. The van der Waals surface area contributed by atoms with E-state index >= 15 is 0 Å². The molecule has 0 aromatic heterocycles. The molecule has 1 N–H and O–H groups in total. The Bertz CT molecular complexity index is 206. The predicted octanol–water partition coefficient (Wildman–Crippen LogP) is -0.285. The Morgan fingerprint density at radius 1 is 1.64 bits per heavy atom. The lowest BCUT2D eigenvalue weighted by Crippen LogP contribution is -2.34. The van der Waals surface area contributed by atoms with Crippen LogP contribution in [0.25, 0.3) is 0 Å². The molecule has 0 spiro atoms. The molecule has 11 heavy (non-hydrogen) atoms. The molecule has 66 valence electrons. The molecule has 1 saturated heterocycles. The van der Waals surface area contributed by atoms with Crippen LogP contribution < -0.4 is 4.72 Å². The lowest BCUT2D eigenvalue weighted by Gasteiger charge is -2.08. The molecule has 0 amide bonds. The molecule has 0 aliphatic carbocycles. The third kappa shape index (κ3) is 2.15. The second kappa shape index (κ2) is 3.51. The predicted molar refractivity (Wildman–Crippen MR) is 41.8 cm³/mol. The van der Waals surface area contributed by atoms with Gasteiger partial charge in [0.2, 0.25) is 10.0 Å². The Kier molecular flexibility index (Phi) is 2.86. The van der Waals surface area contributed by atoms with Gasteiger partial charge in [-0.1, -0.05) is 6.92 Å². The largest absolute Gasteiger partial charge is 0.380 e. The summed E-state index contributed by atoms with van der Waals surface area (Å²) in [4.78, 5) is 0. The fraction of sp³-hybridized carbons (Fsp3) is 1.00. The van der Waals surface area contributed by atoms with Crippen LogP contribution in [0.1, 0.15) is 13.3 Å². The molecule has 1 rings (SSSR count). The van der Waals surface area contributed by atoms with E-state index in [-0.39, 0.29) is 5.25 Å². The zero-order valence-electron chi connectivity index (χ0n) is 6.54. The Hall–Kier alpha value is -0.130. The second-order valence-electron chi connectivity index (χ2n) is 2.53. The van der Waals surface area contributed by atoms with Crippen molar-refractivity contribution in [2.45, 2.75) is 18.6 Å². The molecule has 0 saturated carbocycles. The van der Waals surface area contributed by atoms with Gasteiger partial charge in [-0.2, -0.15) is 0 Å². The van der Waals surface area contributed by atoms with Gasteiger partial charge in [0.05, 0.1) is 6.61 Å². The second-order valence-corrected chi connectivity index (χ2v) is 4.57. The van der Waals surface area contributed by atoms with Gasteiger partial charge >= 0.3 is 0 Å². The van der Waals surface area contributed by atoms with Gasteiger partial charge in [0.1, 0.15) is 5.25 Å². The van der Waals surface area contributed by atoms with E-state index in [1.807, 2.05) is 0 Å².